The minimum atomic E-state index is -0.656. The number of benzene rings is 2. The van der Waals surface area contributed by atoms with Gasteiger partial charge in [0, 0.05) is 18.1 Å². The Labute approximate surface area is 196 Å². The van der Waals surface area contributed by atoms with Gasteiger partial charge in [-0.25, -0.2) is 9.59 Å². The molecule has 32 heavy (non-hydrogen) atoms. The molecule has 0 saturated heterocycles. The number of carbonyl (C=O) groups excluding carboxylic acids is 2. The van der Waals surface area contributed by atoms with Crippen molar-refractivity contribution in [3.8, 4) is 5.75 Å². The van der Waals surface area contributed by atoms with Crippen molar-refractivity contribution in [2.24, 2.45) is 0 Å². The second-order valence-electron chi connectivity index (χ2n) is 7.18. The number of ether oxygens (including phenoxy) is 3. The monoisotopic (exact) mass is 499 g/mol. The highest BCUT2D eigenvalue weighted by Gasteiger charge is 2.36. The van der Waals surface area contributed by atoms with E-state index in [0.717, 1.165) is 16.8 Å². The molecule has 168 valence electrons. The van der Waals surface area contributed by atoms with Crippen LogP contribution in [0.25, 0.3) is 0 Å². The molecule has 0 amide bonds. The van der Waals surface area contributed by atoms with Crippen molar-refractivity contribution >= 4 is 33.6 Å². The van der Waals surface area contributed by atoms with Gasteiger partial charge >= 0.3 is 11.9 Å². The van der Waals surface area contributed by atoms with Crippen molar-refractivity contribution in [1.82, 2.24) is 0 Å². The molecule has 2 aromatic rings. The Morgan fingerprint density at radius 1 is 0.938 bits per heavy atom. The first-order valence-corrected chi connectivity index (χ1v) is 11.1. The van der Waals surface area contributed by atoms with E-state index in [4.69, 9.17) is 14.2 Å². The van der Waals surface area contributed by atoms with Gasteiger partial charge in [-0.2, -0.15) is 0 Å². The number of aryl methyl sites for hydroxylation is 1. The predicted molar refractivity (Wildman–Crippen MR) is 127 cm³/mol. The summed E-state index contributed by atoms with van der Waals surface area (Å²) in [4.78, 5) is 27.8. The fourth-order valence-electron chi connectivity index (χ4n) is 3.51. The molecular formula is C25H26BrNO5. The summed E-state index contributed by atoms with van der Waals surface area (Å²) in [5.41, 5.74) is 3.34. The van der Waals surface area contributed by atoms with Gasteiger partial charge in [-0.15, -0.1) is 0 Å². The van der Waals surface area contributed by atoms with Crippen molar-refractivity contribution < 1.29 is 23.8 Å². The van der Waals surface area contributed by atoms with Crippen LogP contribution in [0.15, 0.2) is 70.5 Å². The standard InChI is InChI=1S/C25H26BrNO5/c1-5-31-24(28)19-14-27(18-10-7-16(3)8-11-18)15-20(25(29)32-6-2)23(19)17-9-12-22(30-4)21(26)13-17/h7-15,23H,5-6H2,1-4H3. The molecule has 0 unspecified atom stereocenters. The van der Waals surface area contributed by atoms with Gasteiger partial charge in [-0.1, -0.05) is 23.8 Å². The third kappa shape index (κ3) is 5.05. The topological polar surface area (TPSA) is 65.1 Å². The molecule has 0 aliphatic carbocycles. The van der Waals surface area contributed by atoms with Gasteiger partial charge in [-0.05, 0) is 66.5 Å². The average molecular weight is 500 g/mol. The SMILES string of the molecule is CCOC(=O)C1=CN(c2ccc(C)cc2)C=C(C(=O)OCC)C1c1ccc(OC)c(Br)c1. The zero-order valence-electron chi connectivity index (χ0n) is 18.6. The maximum Gasteiger partial charge on any atom is 0.336 e. The lowest BCUT2D eigenvalue weighted by molar-refractivity contribution is -0.139. The Balaban J connectivity index is 2.18. The van der Waals surface area contributed by atoms with Crippen molar-refractivity contribution in [3.63, 3.8) is 0 Å². The van der Waals surface area contributed by atoms with Crippen LogP contribution >= 0.6 is 15.9 Å². The largest absolute Gasteiger partial charge is 0.496 e. The molecule has 2 aromatic carbocycles. The summed E-state index contributed by atoms with van der Waals surface area (Å²) in [5.74, 6) is -0.987. The molecule has 0 spiro atoms. The predicted octanol–water partition coefficient (Wildman–Crippen LogP) is 5.26. The fraction of sp³-hybridized carbons (Fsp3) is 0.280. The number of nitrogens with zero attached hydrogens (tertiary/aromatic N) is 1. The van der Waals surface area contributed by atoms with E-state index in [0.29, 0.717) is 21.4 Å². The molecule has 1 aliphatic rings. The maximum atomic E-state index is 13.0. The molecule has 0 aromatic heterocycles. The van der Waals surface area contributed by atoms with Crippen molar-refractivity contribution in [2.45, 2.75) is 26.7 Å². The third-order valence-electron chi connectivity index (χ3n) is 5.04. The van der Waals surface area contributed by atoms with Crippen molar-refractivity contribution in [1.29, 1.82) is 0 Å². The maximum absolute atomic E-state index is 13.0. The molecule has 1 heterocycles. The van der Waals surface area contributed by atoms with Crippen molar-refractivity contribution in [2.75, 3.05) is 25.2 Å². The summed E-state index contributed by atoms with van der Waals surface area (Å²) >= 11 is 3.50. The lowest BCUT2D eigenvalue weighted by Gasteiger charge is -2.30. The Morgan fingerprint density at radius 2 is 1.50 bits per heavy atom. The van der Waals surface area contributed by atoms with Crippen LogP contribution in [0, 0.1) is 6.92 Å². The Hall–Kier alpha value is -3.06. The number of esters is 2. The van der Waals surface area contributed by atoms with Crippen molar-refractivity contribution in [3.05, 3.63) is 81.6 Å². The molecule has 0 saturated carbocycles. The summed E-state index contributed by atoms with van der Waals surface area (Å²) < 4.78 is 16.7. The van der Waals surface area contributed by atoms with Gasteiger partial charge in [-0.3, -0.25) is 0 Å². The van der Waals surface area contributed by atoms with E-state index in [1.54, 1.807) is 44.3 Å². The molecule has 6 nitrogen and oxygen atoms in total. The van der Waals surface area contributed by atoms with Crippen LogP contribution in [0.1, 0.15) is 30.9 Å². The summed E-state index contributed by atoms with van der Waals surface area (Å²) in [7, 11) is 1.58. The Kier molecular flexibility index (Phi) is 7.75. The summed E-state index contributed by atoms with van der Waals surface area (Å²) in [6.45, 7) is 5.94. The molecular weight excluding hydrogens is 474 g/mol. The molecule has 1 aliphatic heterocycles. The van der Waals surface area contributed by atoms with E-state index in [-0.39, 0.29) is 13.2 Å². The highest BCUT2D eigenvalue weighted by Crippen LogP contribution is 2.40. The van der Waals surface area contributed by atoms with E-state index in [1.807, 2.05) is 43.3 Å². The first-order valence-electron chi connectivity index (χ1n) is 10.4. The number of anilines is 1. The number of carbonyl (C=O) groups is 2. The summed E-state index contributed by atoms with van der Waals surface area (Å²) in [6.07, 6.45) is 3.43. The van der Waals surface area contributed by atoms with Gasteiger partial charge in [0.2, 0.25) is 0 Å². The molecule has 0 bridgehead atoms. The number of hydrogen-bond donors (Lipinski definition) is 0. The van der Waals surface area contributed by atoms with E-state index < -0.39 is 17.9 Å². The smallest absolute Gasteiger partial charge is 0.336 e. The summed E-state index contributed by atoms with van der Waals surface area (Å²) in [6, 6.07) is 13.3. The third-order valence-corrected chi connectivity index (χ3v) is 5.66. The molecule has 3 rings (SSSR count). The second-order valence-corrected chi connectivity index (χ2v) is 8.03. The summed E-state index contributed by atoms with van der Waals surface area (Å²) in [5, 5.41) is 0. The number of methoxy groups -OCH3 is 1. The van der Waals surface area contributed by atoms with Gasteiger partial charge < -0.3 is 19.1 Å². The van der Waals surface area contributed by atoms with E-state index in [1.165, 1.54) is 0 Å². The van der Waals surface area contributed by atoms with Crippen LogP contribution in [0.5, 0.6) is 5.75 Å². The first-order chi connectivity index (χ1) is 15.4. The first kappa shape index (κ1) is 23.6. The van der Waals surface area contributed by atoms with Crippen LogP contribution in [0.3, 0.4) is 0 Å². The van der Waals surface area contributed by atoms with E-state index in [2.05, 4.69) is 15.9 Å². The number of rotatable bonds is 7. The van der Waals surface area contributed by atoms with Crippen LogP contribution < -0.4 is 9.64 Å². The quantitative estimate of drug-likeness (QED) is 0.483. The zero-order valence-corrected chi connectivity index (χ0v) is 20.1. The molecule has 7 heteroatoms. The fourth-order valence-corrected chi connectivity index (χ4v) is 4.07. The van der Waals surface area contributed by atoms with Crippen LogP contribution in [-0.4, -0.2) is 32.3 Å². The lowest BCUT2D eigenvalue weighted by atomic mass is 9.83. The van der Waals surface area contributed by atoms with Gasteiger partial charge in [0.25, 0.3) is 0 Å². The number of hydrogen-bond acceptors (Lipinski definition) is 6. The van der Waals surface area contributed by atoms with Crippen LogP contribution in [-0.2, 0) is 19.1 Å². The normalized spacial score (nSPS) is 13.8. The molecule has 0 radical (unpaired) electrons. The molecule has 0 N–H and O–H groups in total. The average Bonchev–Trinajstić information content (AvgIpc) is 2.79. The highest BCUT2D eigenvalue weighted by atomic mass is 79.9. The van der Waals surface area contributed by atoms with E-state index in [9.17, 15) is 9.59 Å². The minimum Gasteiger partial charge on any atom is -0.496 e. The Morgan fingerprint density at radius 3 is 1.97 bits per heavy atom. The van der Waals surface area contributed by atoms with Gasteiger partial charge in [0.05, 0.1) is 41.9 Å². The number of halogens is 1. The Bertz CT molecular complexity index is 1020. The van der Waals surface area contributed by atoms with Gasteiger partial charge in [0.15, 0.2) is 0 Å². The van der Waals surface area contributed by atoms with E-state index >= 15 is 0 Å². The molecule has 0 fully saturated rings. The zero-order chi connectivity index (χ0) is 23.3. The molecule has 0 atom stereocenters. The minimum absolute atomic E-state index is 0.220. The second kappa shape index (κ2) is 10.5. The van der Waals surface area contributed by atoms with Crippen LogP contribution in [0.4, 0.5) is 5.69 Å². The lowest BCUT2D eigenvalue weighted by Crippen LogP contribution is -2.29. The van der Waals surface area contributed by atoms with Gasteiger partial charge in [0.1, 0.15) is 5.75 Å². The highest BCUT2D eigenvalue weighted by molar-refractivity contribution is 9.10. The van der Waals surface area contributed by atoms with Crippen LogP contribution in [0.2, 0.25) is 0 Å².